The second kappa shape index (κ2) is 6.05. The van der Waals surface area contributed by atoms with Crippen molar-refractivity contribution in [1.29, 1.82) is 0 Å². The molecule has 0 radical (unpaired) electrons. The van der Waals surface area contributed by atoms with Crippen molar-refractivity contribution >= 4 is 12.1 Å². The highest BCUT2D eigenvalue weighted by Crippen LogP contribution is 1.97. The van der Waals surface area contributed by atoms with Crippen molar-refractivity contribution in [3.05, 3.63) is 12.2 Å². The Balaban J connectivity index is 3.50. The second-order valence-electron chi connectivity index (χ2n) is 2.32. The van der Waals surface area contributed by atoms with Crippen LogP contribution < -0.4 is 5.32 Å². The fourth-order valence-corrected chi connectivity index (χ4v) is 0.569. The summed E-state index contributed by atoms with van der Waals surface area (Å²) in [5, 5.41) is 10.8. The number of hydrogen-bond donors (Lipinski definition) is 2. The molecule has 0 atom stereocenters. The lowest BCUT2D eigenvalue weighted by molar-refractivity contribution is -0.132. The van der Waals surface area contributed by atoms with Crippen LogP contribution >= 0.6 is 0 Å². The lowest BCUT2D eigenvalue weighted by Crippen LogP contribution is -2.24. The quantitative estimate of drug-likeness (QED) is 0.623. The van der Waals surface area contributed by atoms with Crippen LogP contribution in [0, 0.1) is 0 Å². The van der Waals surface area contributed by atoms with E-state index in [1.807, 2.05) is 0 Å². The molecule has 0 bridgehead atoms. The van der Waals surface area contributed by atoms with E-state index in [4.69, 9.17) is 5.11 Å². The average molecular weight is 187 g/mol. The van der Waals surface area contributed by atoms with E-state index < -0.39 is 12.1 Å². The predicted octanol–water partition coefficient (Wildman–Crippen LogP) is 0.763. The number of carbonyl (C=O) groups excluding carboxylic acids is 1. The topological polar surface area (TPSA) is 75.6 Å². The average Bonchev–Trinajstić information content (AvgIpc) is 2.04. The molecule has 0 heterocycles. The largest absolute Gasteiger partial charge is 0.478 e. The van der Waals surface area contributed by atoms with Gasteiger partial charge in [0.1, 0.15) is 0 Å². The number of rotatable bonds is 5. The number of nitrogens with one attached hydrogen (secondary N) is 1. The van der Waals surface area contributed by atoms with Crippen molar-refractivity contribution in [3.8, 4) is 0 Å². The molecule has 0 fully saturated rings. The van der Waals surface area contributed by atoms with E-state index in [0.717, 1.165) is 0 Å². The van der Waals surface area contributed by atoms with E-state index in [9.17, 15) is 9.59 Å². The summed E-state index contributed by atoms with van der Waals surface area (Å²) in [5.41, 5.74) is 0.0318. The third kappa shape index (κ3) is 5.72. The van der Waals surface area contributed by atoms with E-state index in [-0.39, 0.29) is 18.6 Å². The van der Waals surface area contributed by atoms with Crippen LogP contribution in [0.25, 0.3) is 0 Å². The molecule has 0 aromatic rings. The number of amides is 1. The first-order chi connectivity index (χ1) is 6.07. The van der Waals surface area contributed by atoms with Crippen molar-refractivity contribution in [1.82, 2.24) is 5.32 Å². The molecule has 0 rings (SSSR count). The van der Waals surface area contributed by atoms with Crippen LogP contribution in [-0.4, -0.2) is 30.3 Å². The normalized spacial score (nSPS) is 9.00. The highest BCUT2D eigenvalue weighted by Gasteiger charge is 2.05. The summed E-state index contributed by atoms with van der Waals surface area (Å²) >= 11 is 0. The minimum atomic E-state index is -1.07. The number of aliphatic carboxylic acids is 1. The van der Waals surface area contributed by atoms with Gasteiger partial charge in [0.05, 0.1) is 6.61 Å². The molecule has 13 heavy (non-hydrogen) atoms. The van der Waals surface area contributed by atoms with Gasteiger partial charge in [-0.15, -0.1) is 0 Å². The van der Waals surface area contributed by atoms with E-state index in [1.165, 1.54) is 0 Å². The summed E-state index contributed by atoms with van der Waals surface area (Å²) in [6, 6.07) is 0. The zero-order chi connectivity index (χ0) is 10.3. The van der Waals surface area contributed by atoms with Gasteiger partial charge in [-0.05, 0) is 6.92 Å². The lowest BCUT2D eigenvalue weighted by atomic mass is 10.2. The maximum atomic E-state index is 10.7. The molecule has 74 valence electrons. The summed E-state index contributed by atoms with van der Waals surface area (Å²) in [5.74, 6) is -1.07. The first kappa shape index (κ1) is 11.5. The van der Waals surface area contributed by atoms with Crippen molar-refractivity contribution in [2.75, 3.05) is 13.2 Å². The smallest absolute Gasteiger partial charge is 0.407 e. The fourth-order valence-electron chi connectivity index (χ4n) is 0.569. The molecule has 0 aliphatic rings. The number of hydrogen-bond acceptors (Lipinski definition) is 3. The molecule has 0 aromatic heterocycles. The van der Waals surface area contributed by atoms with E-state index in [2.05, 4.69) is 16.6 Å². The van der Waals surface area contributed by atoms with Gasteiger partial charge in [-0.3, -0.25) is 0 Å². The standard InChI is InChI=1S/C8H13NO4/c1-3-9-8(12)13-5-4-6(2)7(10)11/h2-5H2,1H3,(H,9,12)(H,10,11). The van der Waals surface area contributed by atoms with E-state index in [0.29, 0.717) is 6.54 Å². The highest BCUT2D eigenvalue weighted by atomic mass is 16.5. The van der Waals surface area contributed by atoms with Crippen LogP contribution in [-0.2, 0) is 9.53 Å². The SMILES string of the molecule is C=C(CCOC(=O)NCC)C(=O)O. The maximum Gasteiger partial charge on any atom is 0.407 e. The van der Waals surface area contributed by atoms with E-state index in [1.54, 1.807) is 6.92 Å². The Kier molecular flexibility index (Phi) is 5.34. The van der Waals surface area contributed by atoms with E-state index >= 15 is 0 Å². The molecule has 1 amide bonds. The van der Waals surface area contributed by atoms with Crippen molar-refractivity contribution in [2.24, 2.45) is 0 Å². The minimum absolute atomic E-state index is 0.0318. The number of carboxylic acid groups (broad SMARTS) is 1. The van der Waals surface area contributed by atoms with Crippen LogP contribution in [0.3, 0.4) is 0 Å². The molecule has 5 nitrogen and oxygen atoms in total. The van der Waals surface area contributed by atoms with Crippen LogP contribution in [0.1, 0.15) is 13.3 Å². The van der Waals surface area contributed by atoms with Crippen LogP contribution in [0.5, 0.6) is 0 Å². The molecular formula is C8H13NO4. The number of carboxylic acids is 1. The Morgan fingerprint density at radius 1 is 1.54 bits per heavy atom. The Bertz CT molecular complexity index is 212. The first-order valence-corrected chi connectivity index (χ1v) is 3.89. The number of ether oxygens (including phenoxy) is 1. The fraction of sp³-hybridized carbons (Fsp3) is 0.500. The molecule has 0 saturated heterocycles. The zero-order valence-corrected chi connectivity index (χ0v) is 7.50. The van der Waals surface area contributed by atoms with Crippen LogP contribution in [0.15, 0.2) is 12.2 Å². The van der Waals surface area contributed by atoms with Gasteiger partial charge < -0.3 is 15.2 Å². The van der Waals surface area contributed by atoms with Gasteiger partial charge in [-0.2, -0.15) is 0 Å². The van der Waals surface area contributed by atoms with Gasteiger partial charge in [-0.25, -0.2) is 9.59 Å². The van der Waals surface area contributed by atoms with Crippen molar-refractivity contribution < 1.29 is 19.4 Å². The minimum Gasteiger partial charge on any atom is -0.478 e. The Labute approximate surface area is 76.4 Å². The summed E-state index contributed by atoms with van der Waals surface area (Å²) in [4.78, 5) is 20.9. The highest BCUT2D eigenvalue weighted by molar-refractivity contribution is 5.85. The second-order valence-corrected chi connectivity index (χ2v) is 2.32. The van der Waals surface area contributed by atoms with Crippen molar-refractivity contribution in [2.45, 2.75) is 13.3 Å². The summed E-state index contributed by atoms with van der Waals surface area (Å²) < 4.78 is 4.63. The molecule has 0 aliphatic heterocycles. The Morgan fingerprint density at radius 3 is 2.62 bits per heavy atom. The zero-order valence-electron chi connectivity index (χ0n) is 7.50. The third-order valence-corrected chi connectivity index (χ3v) is 1.26. The van der Waals surface area contributed by atoms with Crippen LogP contribution in [0.2, 0.25) is 0 Å². The van der Waals surface area contributed by atoms with Gasteiger partial charge in [0.15, 0.2) is 0 Å². The van der Waals surface area contributed by atoms with Gasteiger partial charge >= 0.3 is 12.1 Å². The Hall–Kier alpha value is -1.52. The van der Waals surface area contributed by atoms with Crippen LogP contribution in [0.4, 0.5) is 4.79 Å². The molecule has 5 heteroatoms. The molecule has 0 unspecified atom stereocenters. The molecular weight excluding hydrogens is 174 g/mol. The lowest BCUT2D eigenvalue weighted by Gasteiger charge is -2.04. The third-order valence-electron chi connectivity index (χ3n) is 1.26. The summed E-state index contributed by atoms with van der Waals surface area (Å²) in [6.07, 6.45) is -0.396. The van der Waals surface area contributed by atoms with Gasteiger partial charge in [0.2, 0.25) is 0 Å². The maximum absolute atomic E-state index is 10.7. The monoisotopic (exact) mass is 187 g/mol. The molecule has 0 saturated carbocycles. The molecule has 0 aromatic carbocycles. The first-order valence-electron chi connectivity index (χ1n) is 3.89. The summed E-state index contributed by atoms with van der Waals surface area (Å²) in [6.45, 7) is 5.57. The molecule has 0 spiro atoms. The van der Waals surface area contributed by atoms with Gasteiger partial charge in [0, 0.05) is 18.5 Å². The van der Waals surface area contributed by atoms with Crippen molar-refractivity contribution in [3.63, 3.8) is 0 Å². The Morgan fingerprint density at radius 2 is 2.15 bits per heavy atom. The number of carbonyl (C=O) groups is 2. The molecule has 2 N–H and O–H groups in total. The summed E-state index contributed by atoms with van der Waals surface area (Å²) in [7, 11) is 0. The molecule has 0 aliphatic carbocycles. The van der Waals surface area contributed by atoms with Gasteiger partial charge in [-0.1, -0.05) is 6.58 Å². The van der Waals surface area contributed by atoms with Gasteiger partial charge in [0.25, 0.3) is 0 Å². The predicted molar refractivity (Wildman–Crippen MR) is 46.4 cm³/mol. The number of alkyl carbamates (subject to hydrolysis) is 1.